The van der Waals surface area contributed by atoms with Gasteiger partial charge in [-0.2, -0.15) is 0 Å². The van der Waals surface area contributed by atoms with Crippen LogP contribution in [-0.2, 0) is 0 Å². The number of aryl methyl sites for hydroxylation is 1. The maximum atomic E-state index is 12.9. The van der Waals surface area contributed by atoms with E-state index in [-0.39, 0.29) is 11.3 Å². The van der Waals surface area contributed by atoms with Crippen LogP contribution in [0.15, 0.2) is 78.9 Å². The summed E-state index contributed by atoms with van der Waals surface area (Å²) >= 11 is 0. The smallest absolute Gasteiger partial charge is 0.343 e. The summed E-state index contributed by atoms with van der Waals surface area (Å²) in [6, 6.07) is 19.2. The number of ether oxygens (including phenoxy) is 1. The third-order valence-electron chi connectivity index (χ3n) is 3.93. The van der Waals surface area contributed by atoms with Gasteiger partial charge in [0, 0.05) is 5.56 Å². The van der Waals surface area contributed by atoms with Gasteiger partial charge in [-0.05, 0) is 67.1 Å². The Labute approximate surface area is 156 Å². The zero-order chi connectivity index (χ0) is 19.2. The highest BCUT2D eigenvalue weighted by molar-refractivity contribution is 6.06. The molecule has 3 rings (SSSR count). The van der Waals surface area contributed by atoms with E-state index in [4.69, 9.17) is 4.74 Å². The maximum absolute atomic E-state index is 12.9. The summed E-state index contributed by atoms with van der Waals surface area (Å²) in [6.45, 7) is 2.00. The predicted octanol–water partition coefficient (Wildman–Crippen LogP) is 5.25. The molecule has 3 aromatic carbocycles. The summed E-state index contributed by atoms with van der Waals surface area (Å²) in [5.74, 6) is -0.850. The fourth-order valence-electron chi connectivity index (χ4n) is 2.38. The number of ketones is 1. The lowest BCUT2D eigenvalue weighted by Gasteiger charge is -2.05. The molecule has 0 aliphatic rings. The summed E-state index contributed by atoms with van der Waals surface area (Å²) in [5.41, 5.74) is 2.83. The van der Waals surface area contributed by atoms with E-state index in [0.717, 1.165) is 11.1 Å². The molecule has 134 valence electrons. The average Bonchev–Trinajstić information content (AvgIpc) is 2.68. The molecule has 0 heterocycles. The van der Waals surface area contributed by atoms with Crippen molar-refractivity contribution in [3.05, 3.63) is 107 Å². The van der Waals surface area contributed by atoms with Crippen molar-refractivity contribution in [1.82, 2.24) is 0 Å². The Morgan fingerprint density at radius 1 is 0.815 bits per heavy atom. The van der Waals surface area contributed by atoms with Crippen LogP contribution in [0.5, 0.6) is 5.75 Å². The molecule has 0 saturated heterocycles. The summed E-state index contributed by atoms with van der Waals surface area (Å²) in [5, 5.41) is 0. The van der Waals surface area contributed by atoms with Gasteiger partial charge in [-0.1, -0.05) is 35.9 Å². The third kappa shape index (κ3) is 4.98. The molecule has 0 N–H and O–H groups in total. The maximum Gasteiger partial charge on any atom is 0.343 e. The van der Waals surface area contributed by atoms with Crippen molar-refractivity contribution in [2.75, 3.05) is 0 Å². The van der Waals surface area contributed by atoms with Gasteiger partial charge in [0.05, 0.1) is 5.56 Å². The van der Waals surface area contributed by atoms with Gasteiger partial charge in [0.25, 0.3) is 0 Å². The Balaban J connectivity index is 1.64. The molecule has 0 aliphatic heterocycles. The number of hydrogen-bond acceptors (Lipinski definition) is 3. The fraction of sp³-hybridized carbons (Fsp3) is 0.0435. The van der Waals surface area contributed by atoms with Crippen molar-refractivity contribution in [2.45, 2.75) is 6.92 Å². The van der Waals surface area contributed by atoms with Crippen molar-refractivity contribution in [3.8, 4) is 5.75 Å². The highest BCUT2D eigenvalue weighted by Gasteiger charge is 2.09. The van der Waals surface area contributed by atoms with E-state index in [1.807, 2.05) is 31.2 Å². The number of halogens is 1. The van der Waals surface area contributed by atoms with Gasteiger partial charge in [-0.3, -0.25) is 4.79 Å². The van der Waals surface area contributed by atoms with Gasteiger partial charge in [0.2, 0.25) is 0 Å². The number of carbonyl (C=O) groups is 2. The summed E-state index contributed by atoms with van der Waals surface area (Å²) < 4.78 is 18.1. The average molecular weight is 360 g/mol. The van der Waals surface area contributed by atoms with Crippen LogP contribution in [0, 0.1) is 12.7 Å². The van der Waals surface area contributed by atoms with Gasteiger partial charge >= 0.3 is 5.97 Å². The van der Waals surface area contributed by atoms with E-state index in [0.29, 0.717) is 11.3 Å². The minimum absolute atomic E-state index is 0.146. The van der Waals surface area contributed by atoms with Gasteiger partial charge in [0.15, 0.2) is 5.78 Å². The van der Waals surface area contributed by atoms with E-state index < -0.39 is 11.8 Å². The van der Waals surface area contributed by atoms with Crippen molar-refractivity contribution in [3.63, 3.8) is 0 Å². The summed E-state index contributed by atoms with van der Waals surface area (Å²) in [7, 11) is 0. The second-order valence-corrected chi connectivity index (χ2v) is 6.03. The van der Waals surface area contributed by atoms with Crippen LogP contribution < -0.4 is 4.74 Å². The fourth-order valence-corrected chi connectivity index (χ4v) is 2.38. The molecule has 3 aromatic rings. The van der Waals surface area contributed by atoms with Crippen LogP contribution in [-0.4, -0.2) is 11.8 Å². The molecule has 0 atom stereocenters. The first-order valence-corrected chi connectivity index (χ1v) is 8.38. The molecular formula is C23H17FO3. The number of benzene rings is 3. The molecule has 0 spiro atoms. The molecular weight excluding hydrogens is 343 g/mol. The summed E-state index contributed by atoms with van der Waals surface area (Å²) in [6.07, 6.45) is 3.26. The Kier molecular flexibility index (Phi) is 5.57. The number of hydrogen-bond donors (Lipinski definition) is 0. The standard InChI is InChI=1S/C23H17FO3/c1-16-2-4-17(5-3-16)6-15-22(25)18-9-13-21(14-10-18)27-23(26)19-7-11-20(24)12-8-19/h2-15H,1H3/b15-6+. The molecule has 0 radical (unpaired) electrons. The summed E-state index contributed by atoms with van der Waals surface area (Å²) in [4.78, 5) is 24.2. The van der Waals surface area contributed by atoms with Crippen molar-refractivity contribution in [1.29, 1.82) is 0 Å². The van der Waals surface area contributed by atoms with Crippen LogP contribution in [0.25, 0.3) is 6.08 Å². The van der Waals surface area contributed by atoms with Gasteiger partial charge < -0.3 is 4.74 Å². The van der Waals surface area contributed by atoms with E-state index in [1.54, 1.807) is 30.3 Å². The largest absolute Gasteiger partial charge is 0.423 e. The first kappa shape index (κ1) is 18.3. The number of rotatable bonds is 5. The Morgan fingerprint density at radius 2 is 1.41 bits per heavy atom. The minimum Gasteiger partial charge on any atom is -0.423 e. The molecule has 0 aromatic heterocycles. The molecule has 3 nitrogen and oxygen atoms in total. The lowest BCUT2D eigenvalue weighted by atomic mass is 10.1. The molecule has 4 heteroatoms. The van der Waals surface area contributed by atoms with Crippen LogP contribution in [0.2, 0.25) is 0 Å². The lowest BCUT2D eigenvalue weighted by Crippen LogP contribution is -2.08. The molecule has 0 fully saturated rings. The lowest BCUT2D eigenvalue weighted by molar-refractivity contribution is 0.0734. The third-order valence-corrected chi connectivity index (χ3v) is 3.93. The number of esters is 1. The van der Waals surface area contributed by atoms with Crippen LogP contribution in [0.1, 0.15) is 31.8 Å². The monoisotopic (exact) mass is 360 g/mol. The number of allylic oxidation sites excluding steroid dienone is 1. The van der Waals surface area contributed by atoms with Crippen LogP contribution >= 0.6 is 0 Å². The highest BCUT2D eigenvalue weighted by atomic mass is 19.1. The second kappa shape index (κ2) is 8.23. The quantitative estimate of drug-likeness (QED) is 0.270. The SMILES string of the molecule is Cc1ccc(/C=C/C(=O)c2ccc(OC(=O)c3ccc(F)cc3)cc2)cc1. The van der Waals surface area contributed by atoms with E-state index >= 15 is 0 Å². The van der Waals surface area contributed by atoms with E-state index in [1.165, 1.54) is 30.3 Å². The molecule has 27 heavy (non-hydrogen) atoms. The van der Waals surface area contributed by atoms with Gasteiger partial charge in [0.1, 0.15) is 11.6 Å². The molecule has 0 amide bonds. The van der Waals surface area contributed by atoms with Crippen molar-refractivity contribution < 1.29 is 18.7 Å². The van der Waals surface area contributed by atoms with E-state index in [2.05, 4.69) is 0 Å². The Morgan fingerprint density at radius 3 is 2.04 bits per heavy atom. The topological polar surface area (TPSA) is 43.4 Å². The zero-order valence-corrected chi connectivity index (χ0v) is 14.7. The van der Waals surface area contributed by atoms with E-state index in [9.17, 15) is 14.0 Å². The van der Waals surface area contributed by atoms with Gasteiger partial charge in [-0.25, -0.2) is 9.18 Å². The molecule has 0 saturated carbocycles. The van der Waals surface area contributed by atoms with Crippen molar-refractivity contribution in [2.24, 2.45) is 0 Å². The first-order valence-electron chi connectivity index (χ1n) is 8.38. The first-order chi connectivity index (χ1) is 13.0. The highest BCUT2D eigenvalue weighted by Crippen LogP contribution is 2.16. The number of carbonyl (C=O) groups excluding carboxylic acids is 2. The minimum atomic E-state index is -0.589. The zero-order valence-electron chi connectivity index (χ0n) is 14.7. The molecule has 0 bridgehead atoms. The van der Waals surface area contributed by atoms with Crippen LogP contribution in [0.3, 0.4) is 0 Å². The Hall–Kier alpha value is -3.53. The normalized spacial score (nSPS) is 10.7. The predicted molar refractivity (Wildman–Crippen MR) is 102 cm³/mol. The molecule has 0 aliphatic carbocycles. The van der Waals surface area contributed by atoms with Gasteiger partial charge in [-0.15, -0.1) is 0 Å². The van der Waals surface area contributed by atoms with Crippen molar-refractivity contribution >= 4 is 17.8 Å². The second-order valence-electron chi connectivity index (χ2n) is 6.03. The van der Waals surface area contributed by atoms with Crippen LogP contribution in [0.4, 0.5) is 4.39 Å². The molecule has 0 unspecified atom stereocenters. The Bertz CT molecular complexity index is 970.